The molecule has 0 radical (unpaired) electrons. The van der Waals surface area contributed by atoms with Gasteiger partial charge in [0.25, 0.3) is 0 Å². The Balaban J connectivity index is 1.61. The first-order chi connectivity index (χ1) is 11.1. The molecule has 0 bridgehead atoms. The van der Waals surface area contributed by atoms with Gasteiger partial charge in [-0.15, -0.1) is 11.3 Å². The van der Waals surface area contributed by atoms with Crippen molar-refractivity contribution in [2.45, 2.75) is 11.1 Å². The zero-order chi connectivity index (χ0) is 16.3. The minimum Gasteiger partial charge on any atom is -0.368 e. The SMILES string of the molecule is Cc1ccc(S(=O)(=O)NCCNc2ncnc3ccccc23)s1. The molecular formula is C15H16N4O2S2. The molecule has 8 heteroatoms. The van der Waals surface area contributed by atoms with Gasteiger partial charge in [-0.25, -0.2) is 23.1 Å². The van der Waals surface area contributed by atoms with Crippen LogP contribution < -0.4 is 10.0 Å². The van der Waals surface area contributed by atoms with Crippen LogP contribution in [0, 0.1) is 6.92 Å². The standard InChI is InChI=1S/C15H16N4O2S2/c1-11-6-7-14(22-11)23(20,21)19-9-8-16-15-12-4-2-3-5-13(12)17-10-18-15/h2-7,10,19H,8-9H2,1H3,(H,16,17,18). The number of para-hydroxylation sites is 1. The molecule has 0 aliphatic carbocycles. The van der Waals surface area contributed by atoms with Crippen LogP contribution in [0.15, 0.2) is 46.9 Å². The van der Waals surface area contributed by atoms with E-state index in [0.717, 1.165) is 15.8 Å². The average molecular weight is 348 g/mol. The minimum absolute atomic E-state index is 0.275. The van der Waals surface area contributed by atoms with Crippen LogP contribution in [-0.4, -0.2) is 31.5 Å². The van der Waals surface area contributed by atoms with E-state index in [4.69, 9.17) is 0 Å². The molecule has 2 heterocycles. The number of sulfonamides is 1. The Kier molecular flexibility index (Phi) is 4.56. The van der Waals surface area contributed by atoms with Crippen LogP contribution in [0.2, 0.25) is 0 Å². The summed E-state index contributed by atoms with van der Waals surface area (Å²) in [5.41, 5.74) is 0.847. The van der Waals surface area contributed by atoms with Crippen LogP contribution in [0.1, 0.15) is 4.88 Å². The molecule has 0 aliphatic heterocycles. The quantitative estimate of drug-likeness (QED) is 0.668. The summed E-state index contributed by atoms with van der Waals surface area (Å²) in [7, 11) is -3.44. The molecule has 0 unspecified atom stereocenters. The van der Waals surface area contributed by atoms with E-state index >= 15 is 0 Å². The monoisotopic (exact) mass is 348 g/mol. The summed E-state index contributed by atoms with van der Waals surface area (Å²) in [6.07, 6.45) is 1.49. The number of nitrogens with one attached hydrogen (secondary N) is 2. The summed E-state index contributed by atoms with van der Waals surface area (Å²) in [6.45, 7) is 2.59. The van der Waals surface area contributed by atoms with Gasteiger partial charge in [-0.1, -0.05) is 12.1 Å². The van der Waals surface area contributed by atoms with Crippen molar-refractivity contribution in [1.82, 2.24) is 14.7 Å². The van der Waals surface area contributed by atoms with E-state index in [1.807, 2.05) is 31.2 Å². The minimum atomic E-state index is -3.44. The summed E-state index contributed by atoms with van der Waals surface area (Å²) >= 11 is 1.26. The fourth-order valence-corrected chi connectivity index (χ4v) is 4.50. The van der Waals surface area contributed by atoms with E-state index in [-0.39, 0.29) is 6.54 Å². The zero-order valence-electron chi connectivity index (χ0n) is 12.5. The van der Waals surface area contributed by atoms with Crippen LogP contribution in [-0.2, 0) is 10.0 Å². The molecule has 6 nitrogen and oxygen atoms in total. The number of aromatic nitrogens is 2. The fourth-order valence-electron chi connectivity index (χ4n) is 2.14. The molecule has 0 aliphatic rings. The number of hydrogen-bond acceptors (Lipinski definition) is 6. The maximum absolute atomic E-state index is 12.1. The molecule has 0 saturated carbocycles. The number of anilines is 1. The van der Waals surface area contributed by atoms with Gasteiger partial charge in [0.2, 0.25) is 10.0 Å². The van der Waals surface area contributed by atoms with Crippen molar-refractivity contribution in [3.63, 3.8) is 0 Å². The summed E-state index contributed by atoms with van der Waals surface area (Å²) in [4.78, 5) is 9.36. The van der Waals surface area contributed by atoms with Gasteiger partial charge in [0.15, 0.2) is 0 Å². The fraction of sp³-hybridized carbons (Fsp3) is 0.200. The van der Waals surface area contributed by atoms with Gasteiger partial charge in [-0.3, -0.25) is 0 Å². The van der Waals surface area contributed by atoms with Crippen molar-refractivity contribution in [1.29, 1.82) is 0 Å². The Morgan fingerprint density at radius 2 is 1.91 bits per heavy atom. The van der Waals surface area contributed by atoms with Crippen molar-refractivity contribution >= 4 is 38.1 Å². The van der Waals surface area contributed by atoms with E-state index in [9.17, 15) is 8.42 Å². The number of rotatable bonds is 6. The number of thiophene rings is 1. The number of nitrogens with zero attached hydrogens (tertiary/aromatic N) is 2. The highest BCUT2D eigenvalue weighted by Crippen LogP contribution is 2.20. The summed E-state index contributed by atoms with van der Waals surface area (Å²) in [5.74, 6) is 0.696. The van der Waals surface area contributed by atoms with Gasteiger partial charge in [0, 0.05) is 23.4 Å². The number of aryl methyl sites for hydroxylation is 1. The lowest BCUT2D eigenvalue weighted by atomic mass is 10.2. The third kappa shape index (κ3) is 3.66. The summed E-state index contributed by atoms with van der Waals surface area (Å²) in [6, 6.07) is 11.1. The van der Waals surface area contributed by atoms with Crippen molar-refractivity contribution in [3.05, 3.63) is 47.6 Å². The Labute approximate surface area is 138 Å². The van der Waals surface area contributed by atoms with Crippen molar-refractivity contribution in [3.8, 4) is 0 Å². The molecule has 3 rings (SSSR count). The second-order valence-electron chi connectivity index (χ2n) is 4.93. The van der Waals surface area contributed by atoms with E-state index in [1.54, 1.807) is 12.1 Å². The molecule has 2 N–H and O–H groups in total. The van der Waals surface area contributed by atoms with E-state index < -0.39 is 10.0 Å². The molecule has 0 amide bonds. The highest BCUT2D eigenvalue weighted by Gasteiger charge is 2.15. The lowest BCUT2D eigenvalue weighted by Crippen LogP contribution is -2.28. The zero-order valence-corrected chi connectivity index (χ0v) is 14.1. The van der Waals surface area contributed by atoms with Gasteiger partial charge in [-0.2, -0.15) is 0 Å². The Bertz CT molecular complexity index is 917. The second kappa shape index (κ2) is 6.61. The predicted molar refractivity (Wildman–Crippen MR) is 92.3 cm³/mol. The third-order valence-corrected chi connectivity index (χ3v) is 6.19. The molecule has 120 valence electrons. The third-order valence-electron chi connectivity index (χ3n) is 3.23. The molecule has 0 spiro atoms. The molecule has 23 heavy (non-hydrogen) atoms. The topological polar surface area (TPSA) is 84.0 Å². The van der Waals surface area contributed by atoms with Crippen LogP contribution in [0.5, 0.6) is 0 Å². The smallest absolute Gasteiger partial charge is 0.250 e. The Morgan fingerprint density at radius 3 is 2.70 bits per heavy atom. The van der Waals surface area contributed by atoms with Crippen LogP contribution in [0.25, 0.3) is 10.9 Å². The van der Waals surface area contributed by atoms with E-state index in [1.165, 1.54) is 17.7 Å². The van der Waals surface area contributed by atoms with Gasteiger partial charge < -0.3 is 5.32 Å². The highest BCUT2D eigenvalue weighted by molar-refractivity contribution is 7.91. The summed E-state index contributed by atoms with van der Waals surface area (Å²) in [5, 5.41) is 4.05. The van der Waals surface area contributed by atoms with Crippen LogP contribution >= 0.6 is 11.3 Å². The number of hydrogen-bond donors (Lipinski definition) is 2. The number of benzene rings is 1. The normalized spacial score (nSPS) is 11.7. The Hall–Kier alpha value is -2.03. The van der Waals surface area contributed by atoms with Gasteiger partial charge in [0.05, 0.1) is 5.52 Å². The van der Waals surface area contributed by atoms with Crippen LogP contribution in [0.3, 0.4) is 0 Å². The lowest BCUT2D eigenvalue weighted by molar-refractivity contribution is 0.585. The van der Waals surface area contributed by atoms with Gasteiger partial charge >= 0.3 is 0 Å². The molecule has 3 aromatic rings. The van der Waals surface area contributed by atoms with E-state index in [2.05, 4.69) is 20.0 Å². The van der Waals surface area contributed by atoms with E-state index in [0.29, 0.717) is 16.6 Å². The first kappa shape index (κ1) is 15.9. The maximum atomic E-state index is 12.1. The van der Waals surface area contributed by atoms with Gasteiger partial charge in [-0.05, 0) is 31.2 Å². The number of fused-ring (bicyclic) bond motifs is 1. The van der Waals surface area contributed by atoms with Crippen molar-refractivity contribution in [2.24, 2.45) is 0 Å². The molecule has 1 aromatic carbocycles. The van der Waals surface area contributed by atoms with Crippen molar-refractivity contribution < 1.29 is 8.42 Å². The molecule has 0 atom stereocenters. The highest BCUT2D eigenvalue weighted by atomic mass is 32.2. The summed E-state index contributed by atoms with van der Waals surface area (Å²) < 4.78 is 27.1. The molecular weight excluding hydrogens is 332 g/mol. The van der Waals surface area contributed by atoms with Crippen LogP contribution in [0.4, 0.5) is 5.82 Å². The maximum Gasteiger partial charge on any atom is 0.250 e. The molecule has 2 aromatic heterocycles. The second-order valence-corrected chi connectivity index (χ2v) is 8.21. The first-order valence-electron chi connectivity index (χ1n) is 7.06. The largest absolute Gasteiger partial charge is 0.368 e. The molecule has 0 saturated heterocycles. The lowest BCUT2D eigenvalue weighted by Gasteiger charge is -2.09. The van der Waals surface area contributed by atoms with Gasteiger partial charge in [0.1, 0.15) is 16.4 Å². The molecule has 0 fully saturated rings. The first-order valence-corrected chi connectivity index (χ1v) is 9.36. The average Bonchev–Trinajstić information content (AvgIpc) is 2.99. The van der Waals surface area contributed by atoms with Crippen molar-refractivity contribution in [2.75, 3.05) is 18.4 Å². The predicted octanol–water partition coefficient (Wildman–Crippen LogP) is 2.39. The Morgan fingerprint density at radius 1 is 1.09 bits per heavy atom.